The van der Waals surface area contributed by atoms with Crippen molar-refractivity contribution in [1.29, 1.82) is 0 Å². The summed E-state index contributed by atoms with van der Waals surface area (Å²) in [4.78, 5) is 0.160. The molecule has 4 fully saturated rings. The first-order chi connectivity index (χ1) is 24.0. The van der Waals surface area contributed by atoms with Crippen LogP contribution >= 0.6 is 0 Å². The van der Waals surface area contributed by atoms with E-state index in [0.717, 1.165) is 32.1 Å². The third kappa shape index (κ3) is 5.64. The van der Waals surface area contributed by atoms with Crippen LogP contribution < -0.4 is 0 Å². The van der Waals surface area contributed by atoms with Crippen molar-refractivity contribution in [2.24, 2.45) is 22.7 Å². The minimum Gasteiger partial charge on any atom is -0.385 e. The van der Waals surface area contributed by atoms with Crippen LogP contribution in [0.1, 0.15) is 90.5 Å². The van der Waals surface area contributed by atoms with Gasteiger partial charge >= 0.3 is 11.8 Å². The third-order valence-electron chi connectivity index (χ3n) is 13.4. The Morgan fingerprint density at radius 2 is 1.42 bits per heavy atom. The highest BCUT2D eigenvalue weighted by atomic mass is 32.2. The van der Waals surface area contributed by atoms with E-state index < -0.39 is 62.5 Å². The van der Waals surface area contributed by atoms with Crippen LogP contribution in [-0.2, 0) is 19.5 Å². The van der Waals surface area contributed by atoms with Gasteiger partial charge in [0.05, 0.1) is 23.7 Å². The SMILES string of the molecule is CN(C)S(=O)(=O)c1ccc(-c2ccc(C3CC4(C)C(CCC4(O)C(F)(F)C(C)(F)F)C4CCC5(O)CC6(CCC5=C34)OCC(C)(C)CO6)cc2)cc1. The van der Waals surface area contributed by atoms with Crippen molar-refractivity contribution < 1.29 is 45.7 Å². The Labute approximate surface area is 304 Å². The molecule has 7 rings (SSSR count). The first-order valence-electron chi connectivity index (χ1n) is 18.3. The van der Waals surface area contributed by atoms with Gasteiger partial charge in [-0.2, -0.15) is 8.78 Å². The molecule has 0 aromatic heterocycles. The van der Waals surface area contributed by atoms with E-state index in [-0.39, 0.29) is 42.4 Å². The summed E-state index contributed by atoms with van der Waals surface area (Å²) in [5, 5.41) is 24.3. The van der Waals surface area contributed by atoms with E-state index in [1.54, 1.807) is 31.2 Å². The molecular weight excluding hydrogens is 698 g/mol. The lowest BCUT2D eigenvalue weighted by atomic mass is 9.49. The number of nitrogens with zero attached hydrogens (tertiary/aromatic N) is 1. The van der Waals surface area contributed by atoms with E-state index in [2.05, 4.69) is 13.8 Å². The van der Waals surface area contributed by atoms with Gasteiger partial charge in [0.2, 0.25) is 10.0 Å². The van der Waals surface area contributed by atoms with E-state index in [4.69, 9.17) is 9.47 Å². The average Bonchev–Trinajstić information content (AvgIpc) is 3.36. The monoisotopic (exact) mass is 749 g/mol. The van der Waals surface area contributed by atoms with Crippen LogP contribution in [0.5, 0.6) is 0 Å². The molecule has 12 heteroatoms. The molecule has 2 N–H and O–H groups in total. The molecule has 0 radical (unpaired) electrons. The van der Waals surface area contributed by atoms with Crippen molar-refractivity contribution in [1.82, 2.24) is 4.31 Å². The highest BCUT2D eigenvalue weighted by molar-refractivity contribution is 7.89. The summed E-state index contributed by atoms with van der Waals surface area (Å²) in [5.74, 6) is -11.3. The second kappa shape index (κ2) is 12.1. The van der Waals surface area contributed by atoms with Gasteiger partial charge in [-0.1, -0.05) is 62.7 Å². The van der Waals surface area contributed by atoms with Crippen LogP contribution in [-0.4, -0.2) is 79.1 Å². The lowest BCUT2D eigenvalue weighted by Crippen LogP contribution is -2.66. The normalized spacial score (nSPS) is 34.6. The van der Waals surface area contributed by atoms with Gasteiger partial charge in [0.15, 0.2) is 5.79 Å². The summed E-state index contributed by atoms with van der Waals surface area (Å²) in [6.45, 7) is 6.88. The maximum absolute atomic E-state index is 15.8. The first-order valence-corrected chi connectivity index (χ1v) is 19.8. The maximum Gasteiger partial charge on any atom is 0.338 e. The van der Waals surface area contributed by atoms with Crippen molar-refractivity contribution in [3.8, 4) is 11.1 Å². The van der Waals surface area contributed by atoms with Gasteiger partial charge in [-0.05, 0) is 84.8 Å². The zero-order valence-corrected chi connectivity index (χ0v) is 31.6. The number of sulfonamides is 1. The maximum atomic E-state index is 15.8. The fourth-order valence-corrected chi connectivity index (χ4v) is 11.3. The number of halogens is 4. The molecule has 286 valence electrons. The number of benzene rings is 2. The molecular formula is C40H51F4NO6S. The van der Waals surface area contributed by atoms with E-state index in [1.165, 1.54) is 14.1 Å². The van der Waals surface area contributed by atoms with Gasteiger partial charge < -0.3 is 19.7 Å². The Morgan fingerprint density at radius 3 is 1.98 bits per heavy atom. The fourth-order valence-electron chi connectivity index (χ4n) is 10.4. The molecule has 1 saturated heterocycles. The second-order valence-electron chi connectivity index (χ2n) is 17.5. The number of ether oxygens (including phenoxy) is 2. The van der Waals surface area contributed by atoms with Crippen LogP contribution in [0.15, 0.2) is 64.6 Å². The summed E-state index contributed by atoms with van der Waals surface area (Å²) in [5.41, 5.74) is -1.70. The molecule has 7 nitrogen and oxygen atoms in total. The second-order valence-corrected chi connectivity index (χ2v) is 19.7. The van der Waals surface area contributed by atoms with Gasteiger partial charge in [-0.3, -0.25) is 0 Å². The van der Waals surface area contributed by atoms with Crippen molar-refractivity contribution in [2.75, 3.05) is 27.3 Å². The Morgan fingerprint density at radius 1 is 0.846 bits per heavy atom. The van der Waals surface area contributed by atoms with Gasteiger partial charge in [-0.15, -0.1) is 0 Å². The van der Waals surface area contributed by atoms with Crippen molar-refractivity contribution in [3.05, 3.63) is 65.2 Å². The van der Waals surface area contributed by atoms with Crippen LogP contribution in [0.3, 0.4) is 0 Å². The number of hydrogen-bond acceptors (Lipinski definition) is 6. The van der Waals surface area contributed by atoms with Crippen molar-refractivity contribution in [3.63, 3.8) is 0 Å². The minimum atomic E-state index is -4.66. The molecule has 2 aromatic carbocycles. The van der Waals surface area contributed by atoms with E-state index in [0.29, 0.717) is 38.9 Å². The zero-order chi connectivity index (χ0) is 37.9. The molecule has 1 aliphatic heterocycles. The Hall–Kier alpha value is -2.35. The van der Waals surface area contributed by atoms with Gasteiger partial charge in [0.1, 0.15) is 5.60 Å². The average molecular weight is 750 g/mol. The molecule has 3 saturated carbocycles. The number of hydrogen-bond donors (Lipinski definition) is 2. The lowest BCUT2D eigenvalue weighted by Gasteiger charge is -2.59. The van der Waals surface area contributed by atoms with E-state index in [1.807, 2.05) is 24.3 Å². The summed E-state index contributed by atoms with van der Waals surface area (Å²) in [6.07, 6.45) is 1.80. The molecule has 2 aromatic rings. The Balaban J connectivity index is 1.30. The molecule has 6 unspecified atom stereocenters. The zero-order valence-electron chi connectivity index (χ0n) is 30.8. The molecule has 5 aliphatic rings. The molecule has 0 bridgehead atoms. The topological polar surface area (TPSA) is 96.3 Å². The Bertz CT molecular complexity index is 1850. The third-order valence-corrected chi connectivity index (χ3v) is 15.2. The molecule has 52 heavy (non-hydrogen) atoms. The van der Waals surface area contributed by atoms with Crippen LogP contribution in [0.2, 0.25) is 0 Å². The molecule has 1 spiro atoms. The van der Waals surface area contributed by atoms with Gasteiger partial charge in [-0.25, -0.2) is 21.5 Å². The number of alkyl halides is 4. The number of rotatable bonds is 6. The quantitative estimate of drug-likeness (QED) is 0.230. The Kier molecular flexibility index (Phi) is 8.81. The van der Waals surface area contributed by atoms with Crippen LogP contribution in [0.4, 0.5) is 17.6 Å². The summed E-state index contributed by atoms with van der Waals surface area (Å²) < 4.78 is 100. The van der Waals surface area contributed by atoms with Crippen LogP contribution in [0.25, 0.3) is 11.1 Å². The largest absolute Gasteiger partial charge is 0.385 e. The molecule has 1 heterocycles. The summed E-state index contributed by atoms with van der Waals surface area (Å²) >= 11 is 0. The molecule has 4 aliphatic carbocycles. The standard InChI is InChI=1S/C40H51F4NO6S/c1-34(2)23-50-38(51-24-34)19-16-32-33-29(15-18-37(32,46)22-38)31-17-20-39(47,40(43,44)36(4,41)42)35(31,3)21-30(33)27-9-7-25(8-10-27)26-11-13-28(14-12-26)52(48,49)45(5)6/h7-14,29-31,46-47H,15-24H2,1-6H3. The lowest BCUT2D eigenvalue weighted by molar-refractivity contribution is -0.323. The highest BCUT2D eigenvalue weighted by Crippen LogP contribution is 2.71. The van der Waals surface area contributed by atoms with E-state index >= 15 is 8.78 Å². The highest BCUT2D eigenvalue weighted by Gasteiger charge is 2.77. The first kappa shape index (κ1) is 37.9. The number of allylic oxidation sites excluding steroid dienone is 1. The predicted molar refractivity (Wildman–Crippen MR) is 188 cm³/mol. The predicted octanol–water partition coefficient (Wildman–Crippen LogP) is 7.92. The summed E-state index contributed by atoms with van der Waals surface area (Å²) in [6, 6.07) is 14.1. The number of fused-ring (bicyclic) bond motifs is 4. The minimum absolute atomic E-state index is 0.00796. The van der Waals surface area contributed by atoms with Crippen LogP contribution in [0, 0.1) is 22.7 Å². The number of aliphatic hydroxyl groups is 2. The fraction of sp³-hybridized carbons (Fsp3) is 0.650. The van der Waals surface area contributed by atoms with E-state index in [9.17, 15) is 27.4 Å². The summed E-state index contributed by atoms with van der Waals surface area (Å²) in [7, 11) is -0.675. The van der Waals surface area contributed by atoms with Gasteiger partial charge in [0, 0.05) is 50.6 Å². The van der Waals surface area contributed by atoms with Crippen molar-refractivity contribution >= 4 is 10.0 Å². The smallest absolute Gasteiger partial charge is 0.338 e. The van der Waals surface area contributed by atoms with Gasteiger partial charge in [0.25, 0.3) is 0 Å². The van der Waals surface area contributed by atoms with Crippen molar-refractivity contribution in [2.45, 2.75) is 119 Å². The molecule has 0 amide bonds. The molecule has 6 atom stereocenters.